The summed E-state index contributed by atoms with van der Waals surface area (Å²) in [6.45, 7) is 1.93. The largest absolute Gasteiger partial charge is 0.477 e. The molecule has 5 nitrogen and oxygen atoms in total. The van der Waals surface area contributed by atoms with Gasteiger partial charge in [0.2, 0.25) is 0 Å². The Balaban J connectivity index is 2.02. The summed E-state index contributed by atoms with van der Waals surface area (Å²) < 4.78 is 0. The Morgan fingerprint density at radius 3 is 2.44 bits per heavy atom. The number of nitriles is 1. The minimum absolute atomic E-state index is 0.0790. The van der Waals surface area contributed by atoms with Crippen LogP contribution >= 0.6 is 11.3 Å². The molecule has 3 aromatic rings. The zero-order chi connectivity index (χ0) is 19.6. The summed E-state index contributed by atoms with van der Waals surface area (Å²) in [7, 11) is 1.56. The molecule has 0 radical (unpaired) electrons. The fourth-order valence-electron chi connectivity index (χ4n) is 2.67. The Morgan fingerprint density at radius 2 is 1.81 bits per heavy atom. The Morgan fingerprint density at radius 1 is 1.11 bits per heavy atom. The molecule has 0 fully saturated rings. The van der Waals surface area contributed by atoms with E-state index in [1.807, 2.05) is 25.1 Å². The van der Waals surface area contributed by atoms with Crippen LogP contribution in [0.5, 0.6) is 0 Å². The molecular formula is C21H16N2O3S. The Hall–Kier alpha value is -3.43. The van der Waals surface area contributed by atoms with Crippen molar-refractivity contribution in [2.75, 3.05) is 11.9 Å². The van der Waals surface area contributed by atoms with E-state index in [0.29, 0.717) is 21.7 Å². The highest BCUT2D eigenvalue weighted by molar-refractivity contribution is 7.18. The number of nitrogens with zero attached hydrogens (tertiary/aromatic N) is 2. The van der Waals surface area contributed by atoms with E-state index < -0.39 is 5.97 Å². The van der Waals surface area contributed by atoms with Crippen LogP contribution in [-0.4, -0.2) is 24.0 Å². The van der Waals surface area contributed by atoms with Gasteiger partial charge in [-0.15, -0.1) is 11.3 Å². The van der Waals surface area contributed by atoms with Gasteiger partial charge >= 0.3 is 5.97 Å². The van der Waals surface area contributed by atoms with Gasteiger partial charge in [-0.1, -0.05) is 29.8 Å². The van der Waals surface area contributed by atoms with E-state index in [-0.39, 0.29) is 10.8 Å². The van der Waals surface area contributed by atoms with Crippen LogP contribution in [0.2, 0.25) is 0 Å². The molecule has 0 aliphatic rings. The van der Waals surface area contributed by atoms with Gasteiger partial charge in [-0.2, -0.15) is 5.26 Å². The van der Waals surface area contributed by atoms with E-state index in [0.717, 1.165) is 22.5 Å². The van der Waals surface area contributed by atoms with Gasteiger partial charge in [0.25, 0.3) is 5.91 Å². The third-order valence-corrected chi connectivity index (χ3v) is 5.31. The van der Waals surface area contributed by atoms with Gasteiger partial charge in [0, 0.05) is 17.5 Å². The molecule has 3 rings (SSSR count). The maximum absolute atomic E-state index is 12.8. The number of carbonyl (C=O) groups excluding carboxylic acids is 1. The molecule has 0 spiro atoms. The fraction of sp³-hybridized carbons (Fsp3) is 0.0952. The minimum atomic E-state index is -1.10. The lowest BCUT2D eigenvalue weighted by Gasteiger charge is -2.17. The number of carboxylic acid groups (broad SMARTS) is 1. The van der Waals surface area contributed by atoms with E-state index in [1.165, 1.54) is 4.90 Å². The number of anilines is 1. The first-order chi connectivity index (χ1) is 12.9. The summed E-state index contributed by atoms with van der Waals surface area (Å²) in [5.74, 6) is -1.38. The van der Waals surface area contributed by atoms with E-state index in [4.69, 9.17) is 5.26 Å². The van der Waals surface area contributed by atoms with E-state index in [1.54, 1.807) is 43.4 Å². The quantitative estimate of drug-likeness (QED) is 0.723. The summed E-state index contributed by atoms with van der Waals surface area (Å²) in [5, 5.41) is 18.7. The molecule has 0 aliphatic carbocycles. The van der Waals surface area contributed by atoms with Gasteiger partial charge in [-0.05, 0) is 42.8 Å². The maximum Gasteiger partial charge on any atom is 0.348 e. The Bertz CT molecular complexity index is 1060. The molecular weight excluding hydrogens is 360 g/mol. The standard InChI is InChI=1S/C21H16N2O3S/c1-13-6-8-15(9-7-13)20(24)23(2)17-11-18(27-19(17)21(25)26)16-5-3-4-14(10-16)12-22/h3-11H,1-2H3,(H,25,26). The van der Waals surface area contributed by atoms with Crippen molar-refractivity contribution in [3.8, 4) is 16.5 Å². The molecule has 1 aromatic heterocycles. The fourth-order valence-corrected chi connectivity index (χ4v) is 3.69. The van der Waals surface area contributed by atoms with E-state index in [9.17, 15) is 14.7 Å². The van der Waals surface area contributed by atoms with Crippen LogP contribution in [-0.2, 0) is 0 Å². The van der Waals surface area contributed by atoms with Crippen molar-refractivity contribution in [1.82, 2.24) is 0 Å². The normalized spacial score (nSPS) is 10.3. The maximum atomic E-state index is 12.8. The third-order valence-electron chi connectivity index (χ3n) is 4.15. The monoisotopic (exact) mass is 376 g/mol. The summed E-state index contributed by atoms with van der Waals surface area (Å²) in [5.41, 5.74) is 3.08. The van der Waals surface area contributed by atoms with Crippen molar-refractivity contribution in [2.45, 2.75) is 6.92 Å². The van der Waals surface area contributed by atoms with Gasteiger partial charge in [0.15, 0.2) is 0 Å². The lowest BCUT2D eigenvalue weighted by molar-refractivity contribution is 0.0703. The first kappa shape index (κ1) is 18.4. The van der Waals surface area contributed by atoms with Gasteiger partial charge in [-0.25, -0.2) is 4.79 Å². The number of aryl methyl sites for hydroxylation is 1. The Labute approximate surface area is 160 Å². The summed E-state index contributed by atoms with van der Waals surface area (Å²) in [6, 6.07) is 17.8. The number of carboxylic acids is 1. The van der Waals surface area contributed by atoms with E-state index in [2.05, 4.69) is 6.07 Å². The van der Waals surface area contributed by atoms with Gasteiger partial charge in [-0.3, -0.25) is 4.79 Å². The molecule has 0 aliphatic heterocycles. The van der Waals surface area contributed by atoms with Crippen molar-refractivity contribution in [3.63, 3.8) is 0 Å². The zero-order valence-corrected chi connectivity index (χ0v) is 15.6. The number of rotatable bonds is 4. The van der Waals surface area contributed by atoms with Crippen LogP contribution in [0.15, 0.2) is 54.6 Å². The molecule has 1 amide bonds. The molecule has 0 saturated carbocycles. The molecule has 2 aromatic carbocycles. The molecule has 6 heteroatoms. The second-order valence-electron chi connectivity index (χ2n) is 6.05. The van der Waals surface area contributed by atoms with Crippen LogP contribution < -0.4 is 4.90 Å². The van der Waals surface area contributed by atoms with Crippen LogP contribution in [0.25, 0.3) is 10.4 Å². The molecule has 27 heavy (non-hydrogen) atoms. The average Bonchev–Trinajstić information content (AvgIpc) is 3.13. The highest BCUT2D eigenvalue weighted by Gasteiger charge is 2.23. The molecule has 0 unspecified atom stereocenters. The minimum Gasteiger partial charge on any atom is -0.477 e. The van der Waals surface area contributed by atoms with Crippen molar-refractivity contribution in [2.24, 2.45) is 0 Å². The first-order valence-corrected chi connectivity index (χ1v) is 8.94. The van der Waals surface area contributed by atoms with E-state index >= 15 is 0 Å². The molecule has 0 bridgehead atoms. The predicted molar refractivity (Wildman–Crippen MR) is 105 cm³/mol. The number of thiophene rings is 1. The topological polar surface area (TPSA) is 81.4 Å². The molecule has 1 heterocycles. The first-order valence-electron chi connectivity index (χ1n) is 8.13. The summed E-state index contributed by atoms with van der Waals surface area (Å²) >= 11 is 1.08. The molecule has 0 atom stereocenters. The number of carbonyl (C=O) groups is 2. The summed E-state index contributed by atoms with van der Waals surface area (Å²) in [4.78, 5) is 26.6. The van der Waals surface area contributed by atoms with Crippen molar-refractivity contribution in [3.05, 3.63) is 76.2 Å². The lowest BCUT2D eigenvalue weighted by Crippen LogP contribution is -2.27. The SMILES string of the molecule is Cc1ccc(C(=O)N(C)c2cc(-c3cccc(C#N)c3)sc2C(=O)O)cc1. The number of hydrogen-bond acceptors (Lipinski definition) is 4. The van der Waals surface area contributed by atoms with Crippen LogP contribution in [0, 0.1) is 18.3 Å². The highest BCUT2D eigenvalue weighted by atomic mass is 32.1. The summed E-state index contributed by atoms with van der Waals surface area (Å²) in [6.07, 6.45) is 0. The lowest BCUT2D eigenvalue weighted by atomic mass is 10.1. The second-order valence-corrected chi connectivity index (χ2v) is 7.11. The number of benzene rings is 2. The number of aromatic carboxylic acids is 1. The van der Waals surface area contributed by atoms with Crippen molar-refractivity contribution in [1.29, 1.82) is 5.26 Å². The molecule has 0 saturated heterocycles. The molecule has 134 valence electrons. The Kier molecular flexibility index (Phi) is 5.06. The zero-order valence-electron chi connectivity index (χ0n) is 14.8. The van der Waals surface area contributed by atoms with Crippen molar-refractivity contribution >= 4 is 28.9 Å². The predicted octanol–water partition coefficient (Wildman–Crippen LogP) is 4.57. The average molecular weight is 376 g/mol. The van der Waals surface area contributed by atoms with Crippen LogP contribution in [0.1, 0.15) is 31.2 Å². The third kappa shape index (κ3) is 3.73. The smallest absolute Gasteiger partial charge is 0.348 e. The number of amides is 1. The van der Waals surface area contributed by atoms with Gasteiger partial charge in [0.05, 0.1) is 17.3 Å². The van der Waals surface area contributed by atoms with Gasteiger partial charge < -0.3 is 10.0 Å². The number of hydrogen-bond donors (Lipinski definition) is 1. The van der Waals surface area contributed by atoms with Crippen LogP contribution in [0.3, 0.4) is 0 Å². The van der Waals surface area contributed by atoms with Gasteiger partial charge in [0.1, 0.15) is 4.88 Å². The van der Waals surface area contributed by atoms with Crippen LogP contribution in [0.4, 0.5) is 5.69 Å². The second kappa shape index (κ2) is 7.44. The van der Waals surface area contributed by atoms with Crippen molar-refractivity contribution < 1.29 is 14.7 Å². The molecule has 1 N–H and O–H groups in total. The highest BCUT2D eigenvalue weighted by Crippen LogP contribution is 2.37.